The van der Waals surface area contributed by atoms with E-state index in [0.717, 1.165) is 5.52 Å². The Labute approximate surface area is 116 Å². The van der Waals surface area contributed by atoms with Gasteiger partial charge in [-0.1, -0.05) is 29.8 Å². The lowest BCUT2D eigenvalue weighted by atomic mass is 10.1. The van der Waals surface area contributed by atoms with Crippen LogP contribution >= 0.6 is 0 Å². The normalized spacial score (nSPS) is 12.6. The molecule has 0 aliphatic rings. The Hall–Kier alpha value is -2.36. The van der Waals surface area contributed by atoms with E-state index in [4.69, 9.17) is 0 Å². The molecular formula is C16H16FN3. The molecule has 1 unspecified atom stereocenters. The number of hydrogen-bond acceptors (Lipinski definition) is 2. The topological polar surface area (TPSA) is 40.7 Å². The van der Waals surface area contributed by atoms with Crippen molar-refractivity contribution >= 4 is 17.0 Å². The van der Waals surface area contributed by atoms with Gasteiger partial charge in [0.2, 0.25) is 5.95 Å². The van der Waals surface area contributed by atoms with Gasteiger partial charge in [-0.25, -0.2) is 9.37 Å². The molecule has 0 amide bonds. The Bertz CT molecular complexity index is 731. The van der Waals surface area contributed by atoms with Gasteiger partial charge >= 0.3 is 0 Å². The minimum absolute atomic E-state index is 0.126. The largest absolute Gasteiger partial charge is 0.349 e. The lowest BCUT2D eigenvalue weighted by Crippen LogP contribution is -2.07. The van der Waals surface area contributed by atoms with Crippen molar-refractivity contribution < 1.29 is 4.39 Å². The number of fused-ring (bicyclic) bond motifs is 1. The van der Waals surface area contributed by atoms with Crippen LogP contribution in [0.3, 0.4) is 0 Å². The third kappa shape index (κ3) is 2.50. The van der Waals surface area contributed by atoms with Gasteiger partial charge in [0.05, 0.1) is 17.1 Å². The molecule has 2 N–H and O–H groups in total. The number of anilines is 1. The highest BCUT2D eigenvalue weighted by Crippen LogP contribution is 2.20. The molecule has 0 aliphatic heterocycles. The SMILES string of the molecule is Cc1ccc(C(C)Nc2nc3ccc(F)cc3[nH]2)cc1. The number of imidazole rings is 1. The van der Waals surface area contributed by atoms with Crippen LogP contribution in [0.4, 0.5) is 10.3 Å². The maximum Gasteiger partial charge on any atom is 0.201 e. The zero-order chi connectivity index (χ0) is 14.1. The molecule has 0 saturated heterocycles. The molecule has 3 nitrogen and oxygen atoms in total. The van der Waals surface area contributed by atoms with Crippen LogP contribution in [-0.2, 0) is 0 Å². The lowest BCUT2D eigenvalue weighted by Gasteiger charge is -2.13. The van der Waals surface area contributed by atoms with E-state index in [1.807, 2.05) is 0 Å². The van der Waals surface area contributed by atoms with Crippen molar-refractivity contribution in [2.45, 2.75) is 19.9 Å². The molecule has 3 aromatic rings. The standard InChI is InChI=1S/C16H16FN3/c1-10-3-5-12(6-4-10)11(2)18-16-19-14-8-7-13(17)9-15(14)20-16/h3-9,11H,1-2H3,(H2,18,19,20). The number of nitrogens with one attached hydrogen (secondary N) is 2. The molecule has 20 heavy (non-hydrogen) atoms. The van der Waals surface area contributed by atoms with E-state index < -0.39 is 0 Å². The van der Waals surface area contributed by atoms with Crippen molar-refractivity contribution in [2.24, 2.45) is 0 Å². The van der Waals surface area contributed by atoms with Gasteiger partial charge in [-0.05, 0) is 37.6 Å². The number of rotatable bonds is 3. The second-order valence-electron chi connectivity index (χ2n) is 5.02. The number of aromatic amines is 1. The number of aryl methyl sites for hydroxylation is 1. The summed E-state index contributed by atoms with van der Waals surface area (Å²) < 4.78 is 13.1. The van der Waals surface area contributed by atoms with Crippen LogP contribution in [-0.4, -0.2) is 9.97 Å². The van der Waals surface area contributed by atoms with Crippen molar-refractivity contribution in [3.05, 3.63) is 59.4 Å². The number of aromatic nitrogens is 2. The molecule has 0 radical (unpaired) electrons. The number of nitrogens with zero attached hydrogens (tertiary/aromatic N) is 1. The van der Waals surface area contributed by atoms with Gasteiger partial charge in [0.25, 0.3) is 0 Å². The van der Waals surface area contributed by atoms with Crippen LogP contribution in [0.1, 0.15) is 24.1 Å². The first-order chi connectivity index (χ1) is 9.61. The van der Waals surface area contributed by atoms with E-state index in [1.165, 1.54) is 23.3 Å². The van der Waals surface area contributed by atoms with E-state index in [0.29, 0.717) is 11.5 Å². The minimum atomic E-state index is -0.265. The van der Waals surface area contributed by atoms with E-state index in [-0.39, 0.29) is 11.9 Å². The maximum atomic E-state index is 13.1. The van der Waals surface area contributed by atoms with E-state index in [9.17, 15) is 4.39 Å². The predicted molar refractivity (Wildman–Crippen MR) is 79.3 cm³/mol. The highest BCUT2D eigenvalue weighted by Gasteiger charge is 2.08. The second-order valence-corrected chi connectivity index (χ2v) is 5.02. The van der Waals surface area contributed by atoms with Gasteiger partial charge in [-0.3, -0.25) is 0 Å². The average Bonchev–Trinajstić information content (AvgIpc) is 2.80. The third-order valence-electron chi connectivity index (χ3n) is 3.37. The van der Waals surface area contributed by atoms with Crippen LogP contribution in [0, 0.1) is 12.7 Å². The van der Waals surface area contributed by atoms with E-state index in [1.54, 1.807) is 6.07 Å². The van der Waals surface area contributed by atoms with Crippen molar-refractivity contribution in [3.63, 3.8) is 0 Å². The van der Waals surface area contributed by atoms with Crippen LogP contribution in [0.5, 0.6) is 0 Å². The van der Waals surface area contributed by atoms with E-state index in [2.05, 4.69) is 53.4 Å². The first-order valence-electron chi connectivity index (χ1n) is 6.60. The molecule has 0 spiro atoms. The summed E-state index contributed by atoms with van der Waals surface area (Å²) in [6, 6.07) is 13.0. The third-order valence-corrected chi connectivity index (χ3v) is 3.37. The van der Waals surface area contributed by atoms with Gasteiger partial charge in [0.15, 0.2) is 0 Å². The smallest absolute Gasteiger partial charge is 0.201 e. The van der Waals surface area contributed by atoms with Gasteiger partial charge in [-0.15, -0.1) is 0 Å². The molecule has 102 valence electrons. The highest BCUT2D eigenvalue weighted by atomic mass is 19.1. The predicted octanol–water partition coefficient (Wildman–Crippen LogP) is 4.18. The lowest BCUT2D eigenvalue weighted by molar-refractivity contribution is 0.629. The van der Waals surface area contributed by atoms with Crippen LogP contribution in [0.25, 0.3) is 11.0 Å². The molecule has 2 aromatic carbocycles. The Balaban J connectivity index is 1.83. The second kappa shape index (κ2) is 4.96. The zero-order valence-electron chi connectivity index (χ0n) is 11.4. The van der Waals surface area contributed by atoms with Crippen LogP contribution in [0.2, 0.25) is 0 Å². The quantitative estimate of drug-likeness (QED) is 0.748. The van der Waals surface area contributed by atoms with Gasteiger partial charge in [0, 0.05) is 0 Å². The fraction of sp³-hybridized carbons (Fsp3) is 0.188. The van der Waals surface area contributed by atoms with Crippen molar-refractivity contribution in [2.75, 3.05) is 5.32 Å². The van der Waals surface area contributed by atoms with E-state index >= 15 is 0 Å². The first kappa shape index (κ1) is 12.7. The number of hydrogen-bond donors (Lipinski definition) is 2. The average molecular weight is 269 g/mol. The number of halogens is 1. The molecule has 0 fully saturated rings. The molecule has 1 atom stereocenters. The molecule has 1 heterocycles. The molecule has 3 rings (SSSR count). The summed E-state index contributed by atoms with van der Waals surface area (Å²) in [7, 11) is 0. The summed E-state index contributed by atoms with van der Waals surface area (Å²) in [5.41, 5.74) is 3.87. The Morgan fingerprint density at radius 2 is 1.90 bits per heavy atom. The Morgan fingerprint density at radius 3 is 2.65 bits per heavy atom. The van der Waals surface area contributed by atoms with Gasteiger partial charge in [-0.2, -0.15) is 0 Å². The van der Waals surface area contributed by atoms with Gasteiger partial charge in [0.1, 0.15) is 5.82 Å². The fourth-order valence-electron chi connectivity index (χ4n) is 2.19. The summed E-state index contributed by atoms with van der Waals surface area (Å²) in [6.07, 6.45) is 0. The molecule has 0 aliphatic carbocycles. The van der Waals surface area contributed by atoms with Crippen molar-refractivity contribution in [1.29, 1.82) is 0 Å². The van der Waals surface area contributed by atoms with Crippen LogP contribution < -0.4 is 5.32 Å². The Morgan fingerprint density at radius 1 is 1.15 bits per heavy atom. The van der Waals surface area contributed by atoms with Gasteiger partial charge < -0.3 is 10.3 Å². The summed E-state index contributed by atoms with van der Waals surface area (Å²) in [4.78, 5) is 7.49. The monoisotopic (exact) mass is 269 g/mol. The minimum Gasteiger partial charge on any atom is -0.349 e. The summed E-state index contributed by atoms with van der Waals surface area (Å²) >= 11 is 0. The summed E-state index contributed by atoms with van der Waals surface area (Å²) in [5.74, 6) is 0.387. The molecule has 1 aromatic heterocycles. The molecule has 0 saturated carbocycles. The Kier molecular flexibility index (Phi) is 3.14. The van der Waals surface area contributed by atoms with Crippen molar-refractivity contribution in [3.8, 4) is 0 Å². The molecule has 0 bridgehead atoms. The summed E-state index contributed by atoms with van der Waals surface area (Å²) in [5, 5.41) is 3.30. The zero-order valence-corrected chi connectivity index (χ0v) is 11.4. The molecular weight excluding hydrogens is 253 g/mol. The van der Waals surface area contributed by atoms with Crippen molar-refractivity contribution in [1.82, 2.24) is 9.97 Å². The number of benzene rings is 2. The van der Waals surface area contributed by atoms with Crippen LogP contribution in [0.15, 0.2) is 42.5 Å². The molecule has 4 heteroatoms. The first-order valence-corrected chi connectivity index (χ1v) is 6.60. The number of H-pyrrole nitrogens is 1. The highest BCUT2D eigenvalue weighted by molar-refractivity contribution is 5.77. The fourth-order valence-corrected chi connectivity index (χ4v) is 2.19. The maximum absolute atomic E-state index is 13.1. The summed E-state index contributed by atoms with van der Waals surface area (Å²) in [6.45, 7) is 4.13.